The van der Waals surface area contributed by atoms with Crippen LogP contribution in [0.5, 0.6) is 0 Å². The van der Waals surface area contributed by atoms with Gasteiger partial charge < -0.3 is 21.4 Å². The van der Waals surface area contributed by atoms with Gasteiger partial charge in [-0.2, -0.15) is 9.97 Å². The third-order valence-corrected chi connectivity index (χ3v) is 4.85. The number of rotatable bonds is 7. The van der Waals surface area contributed by atoms with Gasteiger partial charge in [-0.05, 0) is 37.1 Å². The zero-order valence-electron chi connectivity index (χ0n) is 15.7. The van der Waals surface area contributed by atoms with Crippen molar-refractivity contribution in [2.24, 2.45) is 0 Å². The molecule has 6 heteroatoms. The molecule has 0 atom stereocenters. The van der Waals surface area contributed by atoms with E-state index in [1.807, 2.05) is 60.7 Å². The Morgan fingerprint density at radius 3 is 1.75 bits per heavy atom. The number of benzene rings is 2. The lowest BCUT2D eigenvalue weighted by molar-refractivity contribution is 0.744. The second-order valence-electron chi connectivity index (χ2n) is 6.91. The molecule has 6 nitrogen and oxygen atoms in total. The topological polar surface area (TPSA) is 85.7 Å². The van der Waals surface area contributed by atoms with Gasteiger partial charge in [0.2, 0.25) is 5.95 Å². The van der Waals surface area contributed by atoms with Crippen LogP contribution in [0.3, 0.4) is 0 Å². The highest BCUT2D eigenvalue weighted by Gasteiger charge is 2.19. The zero-order chi connectivity index (χ0) is 19.2. The van der Waals surface area contributed by atoms with Crippen LogP contribution in [-0.2, 0) is 0 Å². The van der Waals surface area contributed by atoms with E-state index in [4.69, 9.17) is 5.41 Å². The first-order valence-corrected chi connectivity index (χ1v) is 9.65. The minimum absolute atomic E-state index is 0.403. The molecular weight excluding hydrogens is 348 g/mol. The molecule has 4 rings (SSSR count). The van der Waals surface area contributed by atoms with Gasteiger partial charge in [0.1, 0.15) is 11.6 Å². The van der Waals surface area contributed by atoms with Crippen molar-refractivity contribution in [1.82, 2.24) is 9.97 Å². The molecule has 4 N–H and O–H groups in total. The Hall–Kier alpha value is -3.41. The summed E-state index contributed by atoms with van der Waals surface area (Å²) in [7, 11) is 0. The summed E-state index contributed by atoms with van der Waals surface area (Å²) in [5.74, 6) is 1.79. The normalized spacial score (nSPS) is 13.9. The Morgan fingerprint density at radius 2 is 1.29 bits per heavy atom. The van der Waals surface area contributed by atoms with Crippen molar-refractivity contribution < 1.29 is 0 Å². The molecule has 0 unspecified atom stereocenters. The van der Waals surface area contributed by atoms with Crippen LogP contribution in [0.2, 0.25) is 0 Å². The van der Waals surface area contributed by atoms with Crippen molar-refractivity contribution in [2.75, 3.05) is 16.0 Å². The SMILES string of the molecule is N=Cc1c(Nc2ccccc2)nc(NC2CCCC2)nc1Nc1ccccc1. The average Bonchev–Trinajstić information content (AvgIpc) is 3.23. The summed E-state index contributed by atoms with van der Waals surface area (Å²) < 4.78 is 0. The molecule has 0 saturated heterocycles. The Balaban J connectivity index is 1.71. The number of hydrogen-bond donors (Lipinski definition) is 4. The van der Waals surface area contributed by atoms with Crippen LogP contribution < -0.4 is 16.0 Å². The fraction of sp³-hybridized carbons (Fsp3) is 0.227. The second-order valence-corrected chi connectivity index (χ2v) is 6.91. The van der Waals surface area contributed by atoms with Gasteiger partial charge >= 0.3 is 0 Å². The van der Waals surface area contributed by atoms with Gasteiger partial charge in [-0.3, -0.25) is 0 Å². The van der Waals surface area contributed by atoms with E-state index >= 15 is 0 Å². The van der Waals surface area contributed by atoms with E-state index in [9.17, 15) is 0 Å². The van der Waals surface area contributed by atoms with Crippen LogP contribution in [0.1, 0.15) is 31.2 Å². The summed E-state index contributed by atoms with van der Waals surface area (Å²) in [6.45, 7) is 0. The smallest absolute Gasteiger partial charge is 0.226 e. The molecule has 1 aromatic heterocycles. The molecule has 0 aliphatic heterocycles. The Morgan fingerprint density at radius 1 is 0.786 bits per heavy atom. The second kappa shape index (κ2) is 8.52. The maximum Gasteiger partial charge on any atom is 0.226 e. The monoisotopic (exact) mass is 372 g/mol. The molecule has 0 amide bonds. The van der Waals surface area contributed by atoms with Crippen molar-refractivity contribution in [3.8, 4) is 0 Å². The fourth-order valence-corrected chi connectivity index (χ4v) is 3.43. The number of anilines is 5. The van der Waals surface area contributed by atoms with E-state index in [0.29, 0.717) is 29.2 Å². The van der Waals surface area contributed by atoms with Gasteiger partial charge in [0.05, 0.1) is 5.56 Å². The van der Waals surface area contributed by atoms with E-state index in [0.717, 1.165) is 24.2 Å². The molecule has 1 aliphatic carbocycles. The Labute approximate surface area is 165 Å². The van der Waals surface area contributed by atoms with Gasteiger partial charge in [-0.25, -0.2) is 0 Å². The third kappa shape index (κ3) is 4.28. The number of hydrogen-bond acceptors (Lipinski definition) is 6. The molecule has 0 radical (unpaired) electrons. The minimum atomic E-state index is 0.403. The number of nitrogens with one attached hydrogen (secondary N) is 4. The summed E-state index contributed by atoms with van der Waals surface area (Å²) in [5.41, 5.74) is 2.45. The highest BCUT2D eigenvalue weighted by Crippen LogP contribution is 2.28. The van der Waals surface area contributed by atoms with Gasteiger partial charge in [0.25, 0.3) is 0 Å². The van der Waals surface area contributed by atoms with Crippen LogP contribution in [0.15, 0.2) is 60.7 Å². The largest absolute Gasteiger partial charge is 0.351 e. The first-order chi connectivity index (χ1) is 13.8. The quantitative estimate of drug-likeness (QED) is 0.422. The van der Waals surface area contributed by atoms with Crippen LogP contribution in [0.4, 0.5) is 29.0 Å². The molecule has 1 fully saturated rings. The summed E-state index contributed by atoms with van der Waals surface area (Å²) in [6, 6.07) is 20.1. The predicted molar refractivity (Wildman–Crippen MR) is 115 cm³/mol. The average molecular weight is 372 g/mol. The lowest BCUT2D eigenvalue weighted by Crippen LogP contribution is -2.18. The summed E-state index contributed by atoms with van der Waals surface area (Å²) in [4.78, 5) is 9.36. The molecule has 0 spiro atoms. The van der Waals surface area contributed by atoms with E-state index in [2.05, 4.69) is 25.9 Å². The van der Waals surface area contributed by atoms with E-state index in [-0.39, 0.29) is 0 Å². The zero-order valence-corrected chi connectivity index (χ0v) is 15.7. The summed E-state index contributed by atoms with van der Waals surface area (Å²) in [5, 5.41) is 18.1. The van der Waals surface area contributed by atoms with E-state index < -0.39 is 0 Å². The summed E-state index contributed by atoms with van der Waals surface area (Å²) >= 11 is 0. The van der Waals surface area contributed by atoms with Gasteiger partial charge in [-0.1, -0.05) is 49.2 Å². The van der Waals surface area contributed by atoms with Crippen molar-refractivity contribution in [1.29, 1.82) is 5.41 Å². The first kappa shape index (κ1) is 18.0. The standard InChI is InChI=1S/C22H24N6/c23-15-19-20(24-16-9-3-1-4-10-16)27-22(26-18-13-7-8-14-18)28-21(19)25-17-11-5-2-6-12-17/h1-6,9-12,15,18,23H,7-8,13-14H2,(H3,24,25,26,27,28). The molecule has 28 heavy (non-hydrogen) atoms. The Bertz CT molecular complexity index is 858. The van der Waals surface area contributed by atoms with Crippen LogP contribution in [-0.4, -0.2) is 22.2 Å². The fourth-order valence-electron chi connectivity index (χ4n) is 3.43. The molecule has 142 valence electrons. The molecule has 0 bridgehead atoms. The lowest BCUT2D eigenvalue weighted by atomic mass is 10.2. The molecule has 1 aliphatic rings. The van der Waals surface area contributed by atoms with Crippen LogP contribution >= 0.6 is 0 Å². The number of nitrogens with zero attached hydrogens (tertiary/aromatic N) is 2. The first-order valence-electron chi connectivity index (χ1n) is 9.65. The van der Waals surface area contributed by atoms with Gasteiger partial charge in [-0.15, -0.1) is 0 Å². The lowest BCUT2D eigenvalue weighted by Gasteiger charge is -2.18. The molecule has 2 aromatic carbocycles. The third-order valence-electron chi connectivity index (χ3n) is 4.85. The minimum Gasteiger partial charge on any atom is -0.351 e. The number of para-hydroxylation sites is 2. The molecule has 1 heterocycles. The van der Waals surface area contributed by atoms with Crippen molar-refractivity contribution in [2.45, 2.75) is 31.7 Å². The highest BCUT2D eigenvalue weighted by atomic mass is 15.2. The van der Waals surface area contributed by atoms with E-state index in [1.54, 1.807) is 0 Å². The Kier molecular flexibility index (Phi) is 5.47. The van der Waals surface area contributed by atoms with Crippen molar-refractivity contribution >= 4 is 35.2 Å². The van der Waals surface area contributed by atoms with Gasteiger partial charge in [0.15, 0.2) is 0 Å². The van der Waals surface area contributed by atoms with Crippen LogP contribution in [0.25, 0.3) is 0 Å². The predicted octanol–water partition coefficient (Wildman–Crippen LogP) is 5.32. The highest BCUT2D eigenvalue weighted by molar-refractivity contribution is 5.93. The molecule has 3 aromatic rings. The van der Waals surface area contributed by atoms with E-state index in [1.165, 1.54) is 19.1 Å². The summed E-state index contributed by atoms with van der Waals surface area (Å²) in [6.07, 6.45) is 6.04. The maximum atomic E-state index is 7.95. The van der Waals surface area contributed by atoms with Crippen LogP contribution in [0, 0.1) is 5.41 Å². The molecule has 1 saturated carbocycles. The van der Waals surface area contributed by atoms with Crippen molar-refractivity contribution in [3.05, 3.63) is 66.2 Å². The maximum absolute atomic E-state index is 7.95. The van der Waals surface area contributed by atoms with Crippen molar-refractivity contribution in [3.63, 3.8) is 0 Å². The van der Waals surface area contributed by atoms with Gasteiger partial charge in [0, 0.05) is 23.6 Å². The molecular formula is C22H24N6. The number of aromatic nitrogens is 2.